The van der Waals surface area contributed by atoms with Gasteiger partial charge in [-0.05, 0) is 31.0 Å². The summed E-state index contributed by atoms with van der Waals surface area (Å²) in [6, 6.07) is 17.5. The summed E-state index contributed by atoms with van der Waals surface area (Å²) in [7, 11) is 0. The lowest BCUT2D eigenvalue weighted by Gasteiger charge is -2.17. The topological polar surface area (TPSA) is 83.0 Å². The number of ether oxygens (including phenoxy) is 1. The number of aromatic nitrogens is 3. The van der Waals surface area contributed by atoms with Crippen molar-refractivity contribution >= 4 is 34.0 Å². The molecule has 0 bridgehead atoms. The number of hydrogen-bond acceptors (Lipinski definition) is 5. The first-order valence-electron chi connectivity index (χ1n) is 10.9. The molecule has 0 amide bonds. The number of para-hydroxylation sites is 2. The van der Waals surface area contributed by atoms with Crippen LogP contribution in [0.3, 0.4) is 0 Å². The number of hydrogen-bond donors (Lipinski definition) is 1. The molecular formula is C25H28N4O2. The van der Waals surface area contributed by atoms with Crippen molar-refractivity contribution in [3.63, 3.8) is 0 Å². The Balaban J connectivity index is 1.80. The molecule has 2 aromatic carbocycles. The fourth-order valence-corrected chi connectivity index (χ4v) is 3.92. The van der Waals surface area contributed by atoms with Crippen LogP contribution in [0, 0.1) is 0 Å². The highest BCUT2D eigenvalue weighted by Gasteiger charge is 2.27. The van der Waals surface area contributed by atoms with E-state index >= 15 is 0 Å². The monoisotopic (exact) mass is 416 g/mol. The average molecular weight is 417 g/mol. The molecule has 0 fully saturated rings. The highest BCUT2D eigenvalue weighted by Crippen LogP contribution is 2.33. The summed E-state index contributed by atoms with van der Waals surface area (Å²) in [4.78, 5) is 22.6. The Bertz CT molecular complexity index is 1200. The van der Waals surface area contributed by atoms with E-state index in [1.165, 1.54) is 0 Å². The normalized spacial score (nSPS) is 12.3. The van der Waals surface area contributed by atoms with Crippen LogP contribution in [0.5, 0.6) is 0 Å². The molecule has 2 heterocycles. The lowest BCUT2D eigenvalue weighted by Crippen LogP contribution is -2.13. The first kappa shape index (κ1) is 20.8. The number of nitrogens with two attached hydrogens (primary N) is 1. The van der Waals surface area contributed by atoms with Gasteiger partial charge in [0.15, 0.2) is 5.65 Å². The molecule has 0 aliphatic carbocycles. The summed E-state index contributed by atoms with van der Waals surface area (Å²) in [5.74, 6) is -0.109. The van der Waals surface area contributed by atoms with Crippen molar-refractivity contribution in [3.8, 4) is 0 Å². The van der Waals surface area contributed by atoms with Crippen molar-refractivity contribution in [2.45, 2.75) is 45.6 Å². The summed E-state index contributed by atoms with van der Waals surface area (Å²) in [5.41, 5.74) is 10.5. The zero-order valence-corrected chi connectivity index (χ0v) is 18.0. The van der Waals surface area contributed by atoms with Crippen LogP contribution in [-0.2, 0) is 4.74 Å². The first-order valence-corrected chi connectivity index (χ1v) is 10.9. The zero-order chi connectivity index (χ0) is 21.8. The summed E-state index contributed by atoms with van der Waals surface area (Å²) in [5, 5.41) is 0. The van der Waals surface area contributed by atoms with E-state index in [1.54, 1.807) is 0 Å². The zero-order valence-electron chi connectivity index (χ0n) is 18.0. The lowest BCUT2D eigenvalue weighted by atomic mass is 10.1. The largest absolute Gasteiger partial charge is 0.462 e. The van der Waals surface area contributed by atoms with Crippen molar-refractivity contribution in [1.82, 2.24) is 14.5 Å². The summed E-state index contributed by atoms with van der Waals surface area (Å²) >= 11 is 0. The number of carbonyl (C=O) groups is 1. The molecule has 31 heavy (non-hydrogen) atoms. The Morgan fingerprint density at radius 2 is 1.68 bits per heavy atom. The lowest BCUT2D eigenvalue weighted by molar-refractivity contribution is 0.0501. The number of nitrogens with zero attached hydrogens (tertiary/aromatic N) is 3. The number of esters is 1. The Hall–Kier alpha value is -3.41. The summed E-state index contributed by atoms with van der Waals surface area (Å²) < 4.78 is 7.46. The number of fused-ring (bicyclic) bond motifs is 2. The number of unbranched alkanes of at least 4 members (excludes halogenated alkanes) is 3. The smallest absolute Gasteiger partial charge is 0.344 e. The molecular weight excluding hydrogens is 388 g/mol. The van der Waals surface area contributed by atoms with Gasteiger partial charge in [-0.2, -0.15) is 0 Å². The van der Waals surface area contributed by atoms with Gasteiger partial charge in [-0.1, -0.05) is 68.7 Å². The number of anilines is 1. The van der Waals surface area contributed by atoms with Gasteiger partial charge in [0.2, 0.25) is 0 Å². The maximum absolute atomic E-state index is 13.0. The number of nitrogen functional groups attached to an aromatic ring is 1. The minimum atomic E-state index is -0.442. The van der Waals surface area contributed by atoms with E-state index in [2.05, 4.69) is 6.92 Å². The van der Waals surface area contributed by atoms with Crippen molar-refractivity contribution in [2.24, 2.45) is 0 Å². The Morgan fingerprint density at radius 3 is 2.39 bits per heavy atom. The van der Waals surface area contributed by atoms with Gasteiger partial charge in [0.1, 0.15) is 16.9 Å². The molecule has 0 radical (unpaired) electrons. The molecule has 0 spiro atoms. The van der Waals surface area contributed by atoms with Gasteiger partial charge < -0.3 is 15.0 Å². The van der Waals surface area contributed by atoms with E-state index in [1.807, 2.05) is 66.1 Å². The van der Waals surface area contributed by atoms with Crippen molar-refractivity contribution in [2.75, 3.05) is 12.3 Å². The average Bonchev–Trinajstić information content (AvgIpc) is 3.08. The third kappa shape index (κ3) is 4.10. The van der Waals surface area contributed by atoms with Crippen LogP contribution < -0.4 is 5.73 Å². The second-order valence-corrected chi connectivity index (χ2v) is 7.80. The van der Waals surface area contributed by atoms with Gasteiger partial charge in [-0.25, -0.2) is 14.8 Å². The van der Waals surface area contributed by atoms with Crippen molar-refractivity contribution in [3.05, 3.63) is 65.7 Å². The molecule has 6 heteroatoms. The van der Waals surface area contributed by atoms with Gasteiger partial charge in [0, 0.05) is 0 Å². The molecule has 160 valence electrons. The van der Waals surface area contributed by atoms with E-state index < -0.39 is 5.97 Å². The van der Waals surface area contributed by atoms with E-state index in [0.29, 0.717) is 29.2 Å². The van der Waals surface area contributed by atoms with Crippen LogP contribution in [0.4, 0.5) is 5.82 Å². The molecule has 4 rings (SSSR count). The molecule has 6 nitrogen and oxygen atoms in total. The summed E-state index contributed by atoms with van der Waals surface area (Å²) in [6.07, 6.45) is 4.14. The van der Waals surface area contributed by atoms with Crippen LogP contribution in [0.25, 0.3) is 22.2 Å². The molecule has 2 aromatic heterocycles. The van der Waals surface area contributed by atoms with Crippen molar-refractivity contribution < 1.29 is 9.53 Å². The van der Waals surface area contributed by atoms with Crippen LogP contribution in [0.15, 0.2) is 54.6 Å². The Labute approximate surface area is 182 Å². The molecule has 0 aliphatic rings. The molecule has 0 saturated heterocycles. The number of carbonyl (C=O) groups excluding carboxylic acids is 1. The molecule has 4 aromatic rings. The summed E-state index contributed by atoms with van der Waals surface area (Å²) in [6.45, 7) is 4.57. The van der Waals surface area contributed by atoms with Gasteiger partial charge in [-0.15, -0.1) is 0 Å². The standard InChI is InChI=1S/C25H28N4O2/c1-3-4-5-11-16-31-25(30)21-22-24(28-20-15-10-9-14-19(20)27-22)29(23(21)26)17(2)18-12-7-6-8-13-18/h6-10,12-15,17H,3-5,11,16,26H2,1-2H3. The second kappa shape index (κ2) is 9.16. The molecule has 2 N–H and O–H groups in total. The maximum Gasteiger partial charge on any atom is 0.344 e. The van der Waals surface area contributed by atoms with Crippen LogP contribution in [0.2, 0.25) is 0 Å². The first-order chi connectivity index (χ1) is 15.1. The highest BCUT2D eigenvalue weighted by molar-refractivity contribution is 6.08. The van der Waals surface area contributed by atoms with E-state index in [-0.39, 0.29) is 6.04 Å². The fourth-order valence-electron chi connectivity index (χ4n) is 3.92. The quantitative estimate of drug-likeness (QED) is 0.302. The van der Waals surface area contributed by atoms with Crippen molar-refractivity contribution in [1.29, 1.82) is 0 Å². The third-order valence-electron chi connectivity index (χ3n) is 5.64. The third-order valence-corrected chi connectivity index (χ3v) is 5.64. The van der Waals surface area contributed by atoms with Gasteiger partial charge in [-0.3, -0.25) is 0 Å². The molecule has 1 unspecified atom stereocenters. The molecule has 0 saturated carbocycles. The van der Waals surface area contributed by atoms with Crippen LogP contribution in [-0.4, -0.2) is 27.1 Å². The van der Waals surface area contributed by atoms with E-state index in [4.69, 9.17) is 20.4 Å². The van der Waals surface area contributed by atoms with Crippen LogP contribution >= 0.6 is 0 Å². The Kier molecular flexibility index (Phi) is 6.16. The number of rotatable bonds is 8. The van der Waals surface area contributed by atoms with Gasteiger partial charge in [0.25, 0.3) is 0 Å². The number of benzene rings is 2. The molecule has 1 atom stereocenters. The van der Waals surface area contributed by atoms with Gasteiger partial charge in [0.05, 0.1) is 23.7 Å². The predicted molar refractivity (Wildman–Crippen MR) is 124 cm³/mol. The Morgan fingerprint density at radius 1 is 1.00 bits per heavy atom. The SMILES string of the molecule is CCCCCCOC(=O)c1c(N)n(C(C)c2ccccc2)c2nc3ccccc3nc12. The fraction of sp³-hybridized carbons (Fsp3) is 0.320. The minimum absolute atomic E-state index is 0.120. The maximum atomic E-state index is 13.0. The van der Waals surface area contributed by atoms with Gasteiger partial charge >= 0.3 is 5.97 Å². The predicted octanol–water partition coefficient (Wildman–Crippen LogP) is 5.51. The highest BCUT2D eigenvalue weighted by atomic mass is 16.5. The van der Waals surface area contributed by atoms with E-state index in [0.717, 1.165) is 42.3 Å². The molecule has 0 aliphatic heterocycles. The van der Waals surface area contributed by atoms with Crippen LogP contribution in [0.1, 0.15) is 61.5 Å². The second-order valence-electron chi connectivity index (χ2n) is 7.80. The minimum Gasteiger partial charge on any atom is -0.462 e. The van der Waals surface area contributed by atoms with E-state index in [9.17, 15) is 4.79 Å².